The molecular weight excluding hydrogens is 276 g/mol. The lowest BCUT2D eigenvalue weighted by Crippen LogP contribution is -2.11. The molecule has 0 spiro atoms. The predicted octanol–water partition coefficient (Wildman–Crippen LogP) is 3.11. The lowest BCUT2D eigenvalue weighted by atomic mass is 10.2. The van der Waals surface area contributed by atoms with Crippen LogP contribution in [0.15, 0.2) is 18.3 Å². The van der Waals surface area contributed by atoms with Gasteiger partial charge in [0.15, 0.2) is 5.13 Å². The molecular formula is C11H9F2N3S2. The molecule has 0 aliphatic carbocycles. The van der Waals surface area contributed by atoms with E-state index >= 15 is 0 Å². The van der Waals surface area contributed by atoms with E-state index in [0.717, 1.165) is 17.0 Å². The highest BCUT2D eigenvalue weighted by atomic mass is 32.1. The van der Waals surface area contributed by atoms with E-state index in [1.165, 1.54) is 11.3 Å². The largest absolute Gasteiger partial charge is 0.389 e. The molecule has 1 heterocycles. The number of nitrogens with zero attached hydrogens (tertiary/aromatic N) is 1. The van der Waals surface area contributed by atoms with Gasteiger partial charge >= 0.3 is 0 Å². The number of aromatic nitrogens is 1. The normalized spacial score (nSPS) is 10.4. The zero-order valence-corrected chi connectivity index (χ0v) is 11.0. The predicted molar refractivity (Wildman–Crippen MR) is 72.4 cm³/mol. The van der Waals surface area contributed by atoms with Crippen molar-refractivity contribution in [1.29, 1.82) is 0 Å². The van der Waals surface area contributed by atoms with Crippen LogP contribution in [0.4, 0.5) is 19.6 Å². The minimum Gasteiger partial charge on any atom is -0.389 e. The standard InChI is InChI=1S/C11H9F2N3S2/c1-5-4-15-11(18-5)16-9-7(12)2-6(10(14)17)3-8(9)13/h2-4H,1H3,(H2,14,17)(H,15,16). The van der Waals surface area contributed by atoms with Crippen molar-refractivity contribution in [3.63, 3.8) is 0 Å². The van der Waals surface area contributed by atoms with Gasteiger partial charge in [0, 0.05) is 16.6 Å². The van der Waals surface area contributed by atoms with Crippen LogP contribution in [0.1, 0.15) is 10.4 Å². The van der Waals surface area contributed by atoms with Gasteiger partial charge in [0.1, 0.15) is 22.3 Å². The number of rotatable bonds is 3. The van der Waals surface area contributed by atoms with E-state index in [9.17, 15) is 8.78 Å². The molecule has 0 aliphatic rings. The number of anilines is 2. The summed E-state index contributed by atoms with van der Waals surface area (Å²) < 4.78 is 27.4. The smallest absolute Gasteiger partial charge is 0.187 e. The average molecular weight is 285 g/mol. The molecule has 2 aromatic rings. The topological polar surface area (TPSA) is 50.9 Å². The van der Waals surface area contributed by atoms with Gasteiger partial charge in [-0.15, -0.1) is 11.3 Å². The molecule has 0 fully saturated rings. The van der Waals surface area contributed by atoms with Gasteiger partial charge in [-0.3, -0.25) is 0 Å². The quantitative estimate of drug-likeness (QED) is 0.851. The zero-order valence-electron chi connectivity index (χ0n) is 9.33. The van der Waals surface area contributed by atoms with Gasteiger partial charge in [0.25, 0.3) is 0 Å². The van der Waals surface area contributed by atoms with Crippen LogP contribution in [-0.2, 0) is 0 Å². The summed E-state index contributed by atoms with van der Waals surface area (Å²) in [6, 6.07) is 2.18. The summed E-state index contributed by atoms with van der Waals surface area (Å²) in [5, 5.41) is 3.03. The zero-order chi connectivity index (χ0) is 13.3. The highest BCUT2D eigenvalue weighted by Crippen LogP contribution is 2.27. The van der Waals surface area contributed by atoms with Crippen molar-refractivity contribution >= 4 is 39.4 Å². The first-order chi connectivity index (χ1) is 8.47. The molecule has 0 saturated heterocycles. The Labute approximate surface area is 112 Å². The third-order valence-corrected chi connectivity index (χ3v) is 3.24. The first-order valence-electron chi connectivity index (χ1n) is 4.95. The molecule has 2 rings (SSSR count). The molecule has 3 nitrogen and oxygen atoms in total. The number of halogens is 2. The van der Waals surface area contributed by atoms with Crippen LogP contribution in [0.2, 0.25) is 0 Å². The number of benzene rings is 1. The SMILES string of the molecule is Cc1cnc(Nc2c(F)cc(C(N)=S)cc2F)s1. The molecule has 18 heavy (non-hydrogen) atoms. The Morgan fingerprint density at radius 2 is 2.00 bits per heavy atom. The summed E-state index contributed by atoms with van der Waals surface area (Å²) in [7, 11) is 0. The minimum atomic E-state index is -0.759. The highest BCUT2D eigenvalue weighted by molar-refractivity contribution is 7.80. The summed E-state index contributed by atoms with van der Waals surface area (Å²) in [5.74, 6) is -1.52. The summed E-state index contributed by atoms with van der Waals surface area (Å²) in [5.41, 5.74) is 5.22. The van der Waals surface area contributed by atoms with E-state index in [0.29, 0.717) is 5.13 Å². The van der Waals surface area contributed by atoms with Crippen LogP contribution < -0.4 is 11.1 Å². The third-order valence-electron chi connectivity index (χ3n) is 2.18. The number of hydrogen-bond acceptors (Lipinski definition) is 4. The molecule has 1 aromatic carbocycles. The van der Waals surface area contributed by atoms with E-state index < -0.39 is 11.6 Å². The number of nitrogens with one attached hydrogen (secondary N) is 1. The fourth-order valence-electron chi connectivity index (χ4n) is 1.35. The van der Waals surface area contributed by atoms with Gasteiger partial charge < -0.3 is 11.1 Å². The van der Waals surface area contributed by atoms with Crippen molar-refractivity contribution in [3.05, 3.63) is 40.4 Å². The number of thiazole rings is 1. The Morgan fingerprint density at radius 1 is 1.39 bits per heavy atom. The molecule has 0 amide bonds. The Kier molecular flexibility index (Phi) is 3.53. The van der Waals surface area contributed by atoms with E-state index in [2.05, 4.69) is 22.5 Å². The van der Waals surface area contributed by atoms with Crippen LogP contribution in [0.25, 0.3) is 0 Å². The van der Waals surface area contributed by atoms with Gasteiger partial charge in [0.2, 0.25) is 0 Å². The highest BCUT2D eigenvalue weighted by Gasteiger charge is 2.13. The van der Waals surface area contributed by atoms with Crippen molar-refractivity contribution in [2.24, 2.45) is 5.73 Å². The van der Waals surface area contributed by atoms with E-state index in [1.54, 1.807) is 6.20 Å². The fourth-order valence-corrected chi connectivity index (χ4v) is 2.14. The number of aryl methyl sites for hydroxylation is 1. The van der Waals surface area contributed by atoms with Gasteiger partial charge in [-0.25, -0.2) is 13.8 Å². The van der Waals surface area contributed by atoms with Crippen LogP contribution in [-0.4, -0.2) is 9.97 Å². The first-order valence-corrected chi connectivity index (χ1v) is 6.18. The van der Waals surface area contributed by atoms with Gasteiger partial charge in [-0.05, 0) is 19.1 Å². The summed E-state index contributed by atoms with van der Waals surface area (Å²) in [4.78, 5) is 4.87. The summed E-state index contributed by atoms with van der Waals surface area (Å²) in [6.07, 6.45) is 1.62. The Balaban J connectivity index is 2.37. The monoisotopic (exact) mass is 285 g/mol. The molecule has 0 radical (unpaired) electrons. The minimum absolute atomic E-state index is 0.0514. The Bertz CT molecular complexity index is 587. The Hall–Kier alpha value is -1.60. The van der Waals surface area contributed by atoms with Crippen molar-refractivity contribution in [2.75, 3.05) is 5.32 Å². The first kappa shape index (κ1) is 12.8. The van der Waals surface area contributed by atoms with Crippen molar-refractivity contribution in [3.8, 4) is 0 Å². The molecule has 0 atom stereocenters. The average Bonchev–Trinajstić information content (AvgIpc) is 2.69. The maximum Gasteiger partial charge on any atom is 0.187 e. The maximum absolute atomic E-state index is 13.7. The molecule has 0 unspecified atom stereocenters. The molecule has 0 aliphatic heterocycles. The lowest BCUT2D eigenvalue weighted by molar-refractivity contribution is 0.590. The van der Waals surface area contributed by atoms with Gasteiger partial charge in [-0.1, -0.05) is 12.2 Å². The number of nitrogens with two attached hydrogens (primary N) is 1. The van der Waals surface area contributed by atoms with Crippen LogP contribution in [0.5, 0.6) is 0 Å². The van der Waals surface area contributed by atoms with Crippen LogP contribution >= 0.6 is 23.6 Å². The van der Waals surface area contributed by atoms with Gasteiger partial charge in [0.05, 0.1) is 0 Å². The lowest BCUT2D eigenvalue weighted by Gasteiger charge is -2.07. The van der Waals surface area contributed by atoms with Crippen molar-refractivity contribution < 1.29 is 8.78 Å². The third kappa shape index (κ3) is 2.62. The summed E-state index contributed by atoms with van der Waals surface area (Å²) >= 11 is 5.98. The van der Waals surface area contributed by atoms with E-state index in [1.807, 2.05) is 6.92 Å². The van der Waals surface area contributed by atoms with Crippen LogP contribution in [0, 0.1) is 18.6 Å². The summed E-state index contributed by atoms with van der Waals surface area (Å²) in [6.45, 7) is 1.85. The van der Waals surface area contributed by atoms with E-state index in [4.69, 9.17) is 5.73 Å². The fraction of sp³-hybridized carbons (Fsp3) is 0.0909. The maximum atomic E-state index is 13.7. The second-order valence-electron chi connectivity index (χ2n) is 3.58. The van der Waals surface area contributed by atoms with E-state index in [-0.39, 0.29) is 16.2 Å². The second-order valence-corrected chi connectivity index (χ2v) is 5.25. The molecule has 0 saturated carbocycles. The molecule has 94 valence electrons. The van der Waals surface area contributed by atoms with Crippen molar-refractivity contribution in [1.82, 2.24) is 4.98 Å². The second kappa shape index (κ2) is 4.95. The van der Waals surface area contributed by atoms with Crippen LogP contribution in [0.3, 0.4) is 0 Å². The molecule has 0 bridgehead atoms. The number of thiocarbonyl (C=S) groups is 1. The number of hydrogen-bond donors (Lipinski definition) is 2. The molecule has 3 N–H and O–H groups in total. The van der Waals surface area contributed by atoms with Gasteiger partial charge in [-0.2, -0.15) is 0 Å². The molecule has 7 heteroatoms. The Morgan fingerprint density at radius 3 is 2.44 bits per heavy atom. The molecule has 1 aromatic heterocycles. The van der Waals surface area contributed by atoms with Crippen molar-refractivity contribution in [2.45, 2.75) is 6.92 Å².